The van der Waals surface area contributed by atoms with Gasteiger partial charge in [-0.1, -0.05) is 17.4 Å². The molecule has 0 aliphatic carbocycles. The van der Waals surface area contributed by atoms with E-state index in [0.29, 0.717) is 17.4 Å². The quantitative estimate of drug-likeness (QED) is 0.460. The Morgan fingerprint density at radius 3 is 2.72 bits per heavy atom. The predicted molar refractivity (Wildman–Crippen MR) is 99.3 cm³/mol. The lowest BCUT2D eigenvalue weighted by molar-refractivity contribution is 0.0956. The lowest BCUT2D eigenvalue weighted by Gasteiger charge is -2.17. The molecule has 3 heterocycles. The van der Waals surface area contributed by atoms with Gasteiger partial charge in [0.05, 0.1) is 29.3 Å². The van der Waals surface area contributed by atoms with E-state index < -0.39 is 0 Å². The van der Waals surface area contributed by atoms with Gasteiger partial charge < -0.3 is 8.83 Å². The number of furan rings is 2. The fraction of sp³-hybridized carbons (Fsp3) is 0.111. The van der Waals surface area contributed by atoms with Gasteiger partial charge in [0.15, 0.2) is 10.9 Å². The highest BCUT2D eigenvalue weighted by molar-refractivity contribution is 7.98. The highest BCUT2D eigenvalue weighted by Crippen LogP contribution is 2.35. The molecular weight excluding hydrogens is 356 g/mol. The molecule has 25 heavy (non-hydrogen) atoms. The van der Waals surface area contributed by atoms with Gasteiger partial charge in [-0.3, -0.25) is 9.69 Å². The summed E-state index contributed by atoms with van der Waals surface area (Å²) in [6.45, 7) is 0.293. The zero-order chi connectivity index (χ0) is 17.2. The normalized spacial score (nSPS) is 11.1. The first-order valence-electron chi connectivity index (χ1n) is 7.57. The number of hydrogen-bond acceptors (Lipinski definition) is 6. The van der Waals surface area contributed by atoms with E-state index in [9.17, 15) is 4.79 Å². The van der Waals surface area contributed by atoms with Crippen molar-refractivity contribution in [3.63, 3.8) is 0 Å². The molecule has 0 unspecified atom stereocenters. The summed E-state index contributed by atoms with van der Waals surface area (Å²) in [6, 6.07) is 13.0. The molecule has 3 aromatic heterocycles. The van der Waals surface area contributed by atoms with E-state index in [0.717, 1.165) is 15.1 Å². The van der Waals surface area contributed by atoms with E-state index >= 15 is 0 Å². The van der Waals surface area contributed by atoms with Gasteiger partial charge in [-0.2, -0.15) is 0 Å². The smallest absolute Gasteiger partial charge is 0.296 e. The number of para-hydroxylation sites is 1. The van der Waals surface area contributed by atoms with Gasteiger partial charge in [0.25, 0.3) is 5.91 Å². The zero-order valence-electron chi connectivity index (χ0n) is 13.3. The highest BCUT2D eigenvalue weighted by atomic mass is 32.2. The molecule has 0 bridgehead atoms. The first-order chi connectivity index (χ1) is 12.3. The van der Waals surface area contributed by atoms with Gasteiger partial charge in [0.2, 0.25) is 0 Å². The third-order valence-electron chi connectivity index (χ3n) is 3.69. The van der Waals surface area contributed by atoms with Gasteiger partial charge in [-0.05, 0) is 42.7 Å². The Labute approximate surface area is 152 Å². The molecule has 0 saturated heterocycles. The van der Waals surface area contributed by atoms with E-state index in [-0.39, 0.29) is 11.7 Å². The van der Waals surface area contributed by atoms with Crippen LogP contribution in [0.5, 0.6) is 0 Å². The van der Waals surface area contributed by atoms with Crippen molar-refractivity contribution in [2.75, 3.05) is 11.2 Å². The van der Waals surface area contributed by atoms with Crippen molar-refractivity contribution < 1.29 is 13.6 Å². The van der Waals surface area contributed by atoms with Crippen molar-refractivity contribution in [1.82, 2.24) is 4.98 Å². The van der Waals surface area contributed by atoms with Crippen molar-refractivity contribution in [1.29, 1.82) is 0 Å². The van der Waals surface area contributed by atoms with Crippen LogP contribution in [0.15, 0.2) is 68.7 Å². The van der Waals surface area contributed by atoms with Crippen molar-refractivity contribution in [3.8, 4) is 0 Å². The molecule has 4 aromatic rings. The van der Waals surface area contributed by atoms with E-state index in [2.05, 4.69) is 0 Å². The van der Waals surface area contributed by atoms with Crippen LogP contribution in [-0.2, 0) is 6.54 Å². The van der Waals surface area contributed by atoms with Crippen molar-refractivity contribution >= 4 is 44.4 Å². The van der Waals surface area contributed by atoms with Crippen LogP contribution in [0.3, 0.4) is 0 Å². The third-order valence-corrected chi connectivity index (χ3v) is 5.51. The van der Waals surface area contributed by atoms with Crippen LogP contribution in [0.2, 0.25) is 0 Å². The molecule has 0 aliphatic heterocycles. The fourth-order valence-corrected chi connectivity index (χ4v) is 4.13. The molecule has 0 fully saturated rings. The van der Waals surface area contributed by atoms with Crippen LogP contribution in [-0.4, -0.2) is 17.1 Å². The van der Waals surface area contributed by atoms with Crippen LogP contribution in [0, 0.1) is 0 Å². The number of hydrogen-bond donors (Lipinski definition) is 0. The SMILES string of the molecule is CSc1cccc2sc(N(Cc3ccco3)C(=O)c3ccco3)nc12. The lowest BCUT2D eigenvalue weighted by Crippen LogP contribution is -2.29. The summed E-state index contributed by atoms with van der Waals surface area (Å²) in [5, 5.41) is 0.620. The number of amides is 1. The van der Waals surface area contributed by atoms with Crippen LogP contribution in [0.25, 0.3) is 10.2 Å². The maximum Gasteiger partial charge on any atom is 0.296 e. The Morgan fingerprint density at radius 1 is 1.16 bits per heavy atom. The number of carbonyl (C=O) groups is 1. The minimum absolute atomic E-state index is 0.244. The summed E-state index contributed by atoms with van der Waals surface area (Å²) in [6.07, 6.45) is 5.10. The maximum absolute atomic E-state index is 12.9. The molecule has 1 aromatic carbocycles. The molecule has 0 spiro atoms. The second-order valence-corrected chi connectivity index (χ2v) is 7.11. The van der Waals surface area contributed by atoms with Crippen molar-refractivity contribution in [3.05, 3.63) is 66.5 Å². The summed E-state index contributed by atoms with van der Waals surface area (Å²) in [7, 11) is 0. The van der Waals surface area contributed by atoms with Gasteiger partial charge in [-0.15, -0.1) is 11.8 Å². The second kappa shape index (κ2) is 6.78. The number of aromatic nitrogens is 1. The largest absolute Gasteiger partial charge is 0.467 e. The Hall–Kier alpha value is -2.51. The van der Waals surface area contributed by atoms with Crippen molar-refractivity contribution in [2.24, 2.45) is 0 Å². The van der Waals surface area contributed by atoms with Gasteiger partial charge in [0.1, 0.15) is 5.76 Å². The topological polar surface area (TPSA) is 59.5 Å². The summed E-state index contributed by atoms with van der Waals surface area (Å²) < 4.78 is 11.7. The van der Waals surface area contributed by atoms with Gasteiger partial charge in [-0.25, -0.2) is 4.98 Å². The molecule has 0 aliphatic rings. The molecule has 0 atom stereocenters. The third kappa shape index (κ3) is 3.08. The summed E-state index contributed by atoms with van der Waals surface area (Å²) >= 11 is 3.12. The fourth-order valence-electron chi connectivity index (χ4n) is 2.51. The molecular formula is C18H14N2O3S2. The number of nitrogens with zero attached hydrogens (tertiary/aromatic N) is 2. The number of rotatable bonds is 5. The molecule has 126 valence electrons. The lowest BCUT2D eigenvalue weighted by atomic mass is 10.3. The summed E-state index contributed by atoms with van der Waals surface area (Å²) in [5.41, 5.74) is 0.909. The molecule has 5 nitrogen and oxygen atoms in total. The first kappa shape index (κ1) is 16.0. The average Bonchev–Trinajstić information content (AvgIpc) is 3.39. The minimum atomic E-state index is -0.244. The number of fused-ring (bicyclic) bond motifs is 1. The second-order valence-electron chi connectivity index (χ2n) is 5.25. The standard InChI is InChI=1S/C18H14N2O3S2/c1-24-14-7-2-8-15-16(14)19-18(25-15)20(11-12-5-3-9-22-12)17(21)13-6-4-10-23-13/h2-10H,11H2,1H3. The van der Waals surface area contributed by atoms with Crippen LogP contribution in [0.4, 0.5) is 5.13 Å². The maximum atomic E-state index is 12.9. The van der Waals surface area contributed by atoms with E-state index in [1.165, 1.54) is 17.6 Å². The molecule has 0 N–H and O–H groups in total. The zero-order valence-corrected chi connectivity index (χ0v) is 15.0. The van der Waals surface area contributed by atoms with Crippen LogP contribution in [0.1, 0.15) is 16.3 Å². The van der Waals surface area contributed by atoms with E-state index in [1.807, 2.05) is 30.5 Å². The Bertz CT molecular complexity index is 991. The van der Waals surface area contributed by atoms with E-state index in [4.69, 9.17) is 13.8 Å². The number of thiazole rings is 1. The van der Waals surface area contributed by atoms with Gasteiger partial charge in [0, 0.05) is 4.90 Å². The molecule has 7 heteroatoms. The number of benzene rings is 1. The monoisotopic (exact) mass is 370 g/mol. The van der Waals surface area contributed by atoms with Gasteiger partial charge >= 0.3 is 0 Å². The molecule has 4 rings (SSSR count). The predicted octanol–water partition coefficient (Wildman–Crippen LogP) is 5.05. The molecule has 1 amide bonds. The highest BCUT2D eigenvalue weighted by Gasteiger charge is 2.25. The van der Waals surface area contributed by atoms with Crippen LogP contribution >= 0.6 is 23.1 Å². The summed E-state index contributed by atoms with van der Waals surface area (Å²) in [5.74, 6) is 0.714. The Kier molecular flexibility index (Phi) is 4.33. The minimum Gasteiger partial charge on any atom is -0.467 e. The Balaban J connectivity index is 1.78. The summed E-state index contributed by atoms with van der Waals surface area (Å²) in [4.78, 5) is 20.3. The number of thioether (sulfide) groups is 1. The first-order valence-corrected chi connectivity index (χ1v) is 9.61. The van der Waals surface area contributed by atoms with E-state index in [1.54, 1.807) is 41.1 Å². The number of carbonyl (C=O) groups excluding carboxylic acids is 1. The molecule has 0 radical (unpaired) electrons. The number of anilines is 1. The Morgan fingerprint density at radius 2 is 2.00 bits per heavy atom. The van der Waals surface area contributed by atoms with Crippen LogP contribution < -0.4 is 4.90 Å². The average molecular weight is 370 g/mol. The molecule has 0 saturated carbocycles. The van der Waals surface area contributed by atoms with Crippen molar-refractivity contribution in [2.45, 2.75) is 11.4 Å².